The highest BCUT2D eigenvalue weighted by molar-refractivity contribution is 7.65. The van der Waals surface area contributed by atoms with Gasteiger partial charge in [0.15, 0.2) is 0 Å². The molecular weight excluding hydrogens is 216 g/mol. The van der Waals surface area contributed by atoms with Gasteiger partial charge < -0.3 is 15.5 Å². The molecule has 4 N–H and O–H groups in total. The van der Waals surface area contributed by atoms with Gasteiger partial charge in [0.05, 0.1) is 0 Å². The molecule has 0 aromatic heterocycles. The van der Waals surface area contributed by atoms with Gasteiger partial charge in [0.1, 0.15) is 0 Å². The minimum absolute atomic E-state index is 0.583. The molecule has 0 aliphatic carbocycles. The Morgan fingerprint density at radius 2 is 1.62 bits per heavy atom. The summed E-state index contributed by atoms with van der Waals surface area (Å²) in [7, 11) is -7.60. The maximum absolute atomic E-state index is 10.2. The molecule has 0 radical (unpaired) electrons. The van der Waals surface area contributed by atoms with E-state index in [1.54, 1.807) is 6.08 Å². The molecule has 2 atom stereocenters. The summed E-state index contributed by atoms with van der Waals surface area (Å²) < 4.78 is 24.3. The third-order valence-corrected chi connectivity index (χ3v) is 2.89. The fourth-order valence-corrected chi connectivity index (χ4v) is 2.53. The van der Waals surface area contributed by atoms with Crippen LogP contribution in [-0.4, -0.2) is 29.7 Å². The minimum atomic E-state index is -3.80. The molecule has 0 aliphatic heterocycles. The van der Waals surface area contributed by atoms with Crippen molar-refractivity contribution in [2.75, 3.05) is 19.9 Å². The topological polar surface area (TPSA) is 110 Å². The van der Waals surface area contributed by atoms with Crippen LogP contribution in [0.2, 0.25) is 0 Å². The van der Waals surface area contributed by atoms with E-state index in [0.717, 1.165) is 13.3 Å². The van der Waals surface area contributed by atoms with Crippen molar-refractivity contribution in [1.82, 2.24) is 0 Å². The third kappa shape index (κ3) is 24.5. The highest BCUT2D eigenvalue weighted by Gasteiger charge is 2.21. The molecule has 8 heteroatoms. The molecule has 0 aromatic carbocycles. The predicted octanol–water partition coefficient (Wildman–Crippen LogP) is 0.764. The van der Waals surface area contributed by atoms with Gasteiger partial charge in [0, 0.05) is 19.9 Å². The Morgan fingerprint density at radius 3 is 1.62 bits per heavy atom. The Hall–Kier alpha value is 0.0400. The summed E-state index contributed by atoms with van der Waals surface area (Å²) in [4.78, 5) is 16.7. The summed E-state index contributed by atoms with van der Waals surface area (Å²) in [5.41, 5.74) is 4.91. The van der Waals surface area contributed by atoms with Crippen molar-refractivity contribution < 1.29 is 23.2 Å². The van der Waals surface area contributed by atoms with E-state index in [-0.39, 0.29) is 0 Å². The summed E-state index contributed by atoms with van der Waals surface area (Å²) in [6, 6.07) is 0. The van der Waals surface area contributed by atoms with E-state index in [1.165, 1.54) is 0 Å². The summed E-state index contributed by atoms with van der Waals surface area (Å²) in [5.74, 6) is 0. The average molecular weight is 231 g/mol. The molecule has 0 saturated carbocycles. The van der Waals surface area contributed by atoms with E-state index in [1.807, 2.05) is 0 Å². The largest absolute Gasteiger partial charge is 0.332 e. The van der Waals surface area contributed by atoms with Crippen LogP contribution in [0.4, 0.5) is 0 Å². The van der Waals surface area contributed by atoms with Gasteiger partial charge >= 0.3 is 15.2 Å². The van der Waals surface area contributed by atoms with Crippen molar-refractivity contribution in [3.63, 3.8) is 0 Å². The Morgan fingerprint density at radius 1 is 1.38 bits per heavy atom. The molecule has 0 rings (SSSR count). The molecule has 80 valence electrons. The van der Waals surface area contributed by atoms with Crippen LogP contribution < -0.4 is 5.73 Å². The lowest BCUT2D eigenvalue weighted by Crippen LogP contribution is -1.90. The highest BCUT2D eigenvalue weighted by atomic mass is 31.3. The first-order valence-corrected chi connectivity index (χ1v) is 7.30. The Balaban J connectivity index is 0. The number of rotatable bonds is 3. The molecule has 0 saturated heterocycles. The first-order valence-electron chi connectivity index (χ1n) is 3.25. The van der Waals surface area contributed by atoms with Gasteiger partial charge in [-0.3, -0.25) is 9.13 Å². The van der Waals surface area contributed by atoms with E-state index in [2.05, 4.69) is 10.9 Å². The van der Waals surface area contributed by atoms with E-state index >= 15 is 0 Å². The van der Waals surface area contributed by atoms with Crippen LogP contribution in [0, 0.1) is 0 Å². The van der Waals surface area contributed by atoms with Gasteiger partial charge in [0.2, 0.25) is 0 Å². The predicted molar refractivity (Wildman–Crippen MR) is 51.8 cm³/mol. The summed E-state index contributed by atoms with van der Waals surface area (Å²) >= 11 is 0. The lowest BCUT2D eigenvalue weighted by molar-refractivity contribution is 0.341. The summed E-state index contributed by atoms with van der Waals surface area (Å²) in [6.45, 7) is 5.63. The second kappa shape index (κ2) is 6.49. The number of hydrogen-bond acceptors (Lipinski definition) is 4. The van der Waals surface area contributed by atoms with Crippen LogP contribution in [0.5, 0.6) is 0 Å². The van der Waals surface area contributed by atoms with Gasteiger partial charge in [-0.05, 0) is 0 Å². The number of nitrogens with two attached hydrogens (primary N) is 1. The van der Waals surface area contributed by atoms with Crippen molar-refractivity contribution in [2.45, 2.75) is 0 Å². The molecule has 13 heavy (non-hydrogen) atoms. The summed E-state index contributed by atoms with van der Waals surface area (Å²) in [6.07, 6.45) is 1.65. The van der Waals surface area contributed by atoms with Crippen LogP contribution in [-0.2, 0) is 13.4 Å². The number of hydrogen-bond donors (Lipinski definition) is 3. The lowest BCUT2D eigenvalue weighted by atomic mass is 10.7. The molecule has 0 spiro atoms. The zero-order chi connectivity index (χ0) is 11.1. The maximum Gasteiger partial charge on any atom is 0.332 e. The normalized spacial score (nSPS) is 18.8. The molecule has 0 bridgehead atoms. The van der Waals surface area contributed by atoms with Gasteiger partial charge in [-0.25, -0.2) is 4.31 Å². The fourth-order valence-electron chi connectivity index (χ4n) is 0.281. The van der Waals surface area contributed by atoms with E-state index < -0.39 is 15.2 Å². The fraction of sp³-hybridized carbons (Fsp3) is 0.600. The highest BCUT2D eigenvalue weighted by Crippen LogP contribution is 2.54. The lowest BCUT2D eigenvalue weighted by Gasteiger charge is -2.07. The first kappa shape index (κ1) is 15.5. The smallest absolute Gasteiger partial charge is 0.327 e. The van der Waals surface area contributed by atoms with Crippen LogP contribution in [0.15, 0.2) is 12.7 Å². The van der Waals surface area contributed by atoms with Gasteiger partial charge in [-0.2, -0.15) is 0 Å². The molecule has 2 unspecified atom stereocenters. The van der Waals surface area contributed by atoms with Crippen molar-refractivity contribution in [3.8, 4) is 0 Å². The van der Waals surface area contributed by atoms with Gasteiger partial charge in [-0.1, -0.05) is 6.08 Å². The Bertz CT molecular complexity index is 209. The van der Waals surface area contributed by atoms with Crippen molar-refractivity contribution >= 4 is 15.2 Å². The molecule has 0 heterocycles. The van der Waals surface area contributed by atoms with Crippen molar-refractivity contribution in [1.29, 1.82) is 0 Å². The second-order valence-electron chi connectivity index (χ2n) is 2.21. The maximum atomic E-state index is 10.2. The second-order valence-corrected chi connectivity index (χ2v) is 6.08. The zero-order valence-corrected chi connectivity index (χ0v) is 9.37. The van der Waals surface area contributed by atoms with E-state index in [0.29, 0.717) is 6.54 Å². The van der Waals surface area contributed by atoms with Crippen molar-refractivity contribution in [3.05, 3.63) is 12.7 Å². The molecule has 0 aromatic rings. The van der Waals surface area contributed by atoms with Crippen LogP contribution in [0.1, 0.15) is 0 Å². The standard InChI is InChI=1S/C3H7N.C2H8O5P2/c1-2-3-4;1-8(3,4)7-9(2,5)6/h2H,1,3-4H2;1-2H3,(H,3,4)(H,5,6). The molecule has 6 nitrogen and oxygen atoms in total. The Kier molecular flexibility index (Phi) is 7.74. The van der Waals surface area contributed by atoms with Crippen LogP contribution in [0.25, 0.3) is 0 Å². The quantitative estimate of drug-likeness (QED) is 0.488. The average Bonchev–Trinajstić information content (AvgIpc) is 1.80. The van der Waals surface area contributed by atoms with Crippen LogP contribution in [0.3, 0.4) is 0 Å². The monoisotopic (exact) mass is 231 g/mol. The van der Waals surface area contributed by atoms with E-state index in [9.17, 15) is 9.13 Å². The molecule has 0 amide bonds. The SMILES string of the molecule is C=CCN.CP(=O)(O)OP(C)(=O)O. The minimum Gasteiger partial charge on any atom is -0.327 e. The van der Waals surface area contributed by atoms with E-state index in [4.69, 9.17) is 15.5 Å². The molecule has 0 aliphatic rings. The van der Waals surface area contributed by atoms with Gasteiger partial charge in [0.25, 0.3) is 0 Å². The molecule has 0 fully saturated rings. The molecular formula is C5H15NO5P2. The van der Waals surface area contributed by atoms with Crippen molar-refractivity contribution in [2.24, 2.45) is 5.73 Å². The first-order chi connectivity index (χ1) is 5.62. The van der Waals surface area contributed by atoms with Crippen LogP contribution >= 0.6 is 15.2 Å². The zero-order valence-electron chi connectivity index (χ0n) is 7.58. The Labute approximate surface area is 77.5 Å². The third-order valence-electron chi connectivity index (χ3n) is 0.470. The van der Waals surface area contributed by atoms with Gasteiger partial charge in [-0.15, -0.1) is 6.58 Å². The summed E-state index contributed by atoms with van der Waals surface area (Å²) in [5, 5.41) is 0.